The molecule has 0 saturated carbocycles. The lowest BCUT2D eigenvalue weighted by Crippen LogP contribution is -2.16. The minimum atomic E-state index is -0.803. The number of aromatic amines is 1. The van der Waals surface area contributed by atoms with Gasteiger partial charge in [-0.3, -0.25) is 19.4 Å². The molecule has 7 heteroatoms. The molecule has 1 amide bonds. The van der Waals surface area contributed by atoms with Crippen LogP contribution in [-0.2, 0) is 6.54 Å². The summed E-state index contributed by atoms with van der Waals surface area (Å²) in [5.41, 5.74) is 4.28. The van der Waals surface area contributed by atoms with Gasteiger partial charge in [-0.1, -0.05) is 11.6 Å². The lowest BCUT2D eigenvalue weighted by Gasteiger charge is -1.94. The van der Waals surface area contributed by atoms with Crippen LogP contribution in [0.1, 0.15) is 16.9 Å². The molecule has 14 heavy (non-hydrogen) atoms. The Morgan fingerprint density at radius 1 is 1.71 bits per heavy atom. The van der Waals surface area contributed by atoms with Gasteiger partial charge in [0.25, 0.3) is 11.5 Å². The van der Waals surface area contributed by atoms with Crippen molar-refractivity contribution < 1.29 is 4.79 Å². The van der Waals surface area contributed by atoms with Gasteiger partial charge in [-0.15, -0.1) is 0 Å². The van der Waals surface area contributed by atoms with Gasteiger partial charge in [-0.2, -0.15) is 5.26 Å². The highest BCUT2D eigenvalue weighted by molar-refractivity contribution is 6.33. The number of nitrogens with zero attached hydrogens (tertiary/aromatic N) is 2. The number of hydrogen-bond acceptors (Lipinski definition) is 3. The van der Waals surface area contributed by atoms with Crippen LogP contribution in [-0.4, -0.2) is 15.7 Å². The number of H-pyrrole nitrogens is 1. The Balaban J connectivity index is 3.10. The minimum Gasteiger partial charge on any atom is -0.364 e. The van der Waals surface area contributed by atoms with Crippen LogP contribution in [0.3, 0.4) is 0 Å². The Hall–Kier alpha value is -1.74. The molecule has 0 radical (unpaired) electrons. The van der Waals surface area contributed by atoms with Gasteiger partial charge in [0.1, 0.15) is 10.7 Å². The summed E-state index contributed by atoms with van der Waals surface area (Å²) < 4.78 is 1.08. The molecule has 1 rings (SSSR count). The van der Waals surface area contributed by atoms with Gasteiger partial charge in [-0.05, 0) is 0 Å². The average Bonchev–Trinajstić information content (AvgIpc) is 2.42. The number of carbonyl (C=O) groups is 1. The van der Waals surface area contributed by atoms with Crippen molar-refractivity contribution in [2.24, 2.45) is 5.73 Å². The van der Waals surface area contributed by atoms with Crippen molar-refractivity contribution in [3.8, 4) is 6.07 Å². The van der Waals surface area contributed by atoms with Crippen LogP contribution in [0, 0.1) is 11.3 Å². The monoisotopic (exact) mass is 214 g/mol. The summed E-state index contributed by atoms with van der Waals surface area (Å²) in [6.45, 7) is 0.155. The maximum Gasteiger partial charge on any atom is 0.286 e. The van der Waals surface area contributed by atoms with E-state index in [1.54, 1.807) is 0 Å². The van der Waals surface area contributed by atoms with Crippen molar-refractivity contribution in [3.05, 3.63) is 21.1 Å². The number of carbonyl (C=O) groups excluding carboxylic acids is 1. The Bertz CT molecular complexity index is 453. The third-order valence-electron chi connectivity index (χ3n) is 1.59. The summed E-state index contributed by atoms with van der Waals surface area (Å²) in [5, 5.41) is 10.5. The summed E-state index contributed by atoms with van der Waals surface area (Å²) in [7, 11) is 0. The number of nitrogens with one attached hydrogen (secondary N) is 1. The fraction of sp³-hybridized carbons (Fsp3) is 0.286. The number of hydrogen-bond donors (Lipinski definition) is 2. The van der Waals surface area contributed by atoms with E-state index in [0.29, 0.717) is 0 Å². The Labute approximate surface area is 83.9 Å². The smallest absolute Gasteiger partial charge is 0.286 e. The van der Waals surface area contributed by atoms with E-state index in [2.05, 4.69) is 5.10 Å². The molecule has 74 valence electrons. The summed E-state index contributed by atoms with van der Waals surface area (Å²) in [6.07, 6.45) is 0.148. The molecule has 0 saturated heterocycles. The number of amides is 1. The molecule has 1 aromatic heterocycles. The first-order chi connectivity index (χ1) is 6.57. The van der Waals surface area contributed by atoms with Crippen molar-refractivity contribution in [2.45, 2.75) is 13.0 Å². The second-order valence-electron chi connectivity index (χ2n) is 2.53. The van der Waals surface area contributed by atoms with E-state index in [9.17, 15) is 9.59 Å². The average molecular weight is 215 g/mol. The standard InChI is InChI=1S/C7H7ClN4O2/c8-4-5(6(10)13)11-12(7(4)14)3-1-2-9/h11H,1,3H2,(H2,10,13). The molecule has 0 fully saturated rings. The molecule has 0 aliphatic heterocycles. The predicted molar refractivity (Wildman–Crippen MR) is 48.8 cm³/mol. The molecule has 0 aromatic carbocycles. The molecule has 1 heterocycles. The van der Waals surface area contributed by atoms with Crippen LogP contribution >= 0.6 is 11.6 Å². The first-order valence-electron chi connectivity index (χ1n) is 3.73. The molecule has 0 bridgehead atoms. The lowest BCUT2D eigenvalue weighted by molar-refractivity contribution is 0.0995. The molecule has 0 aliphatic rings. The molecular weight excluding hydrogens is 208 g/mol. The molecule has 6 nitrogen and oxygen atoms in total. The SMILES string of the molecule is N#CCCn1[nH]c(C(N)=O)c(Cl)c1=O. The molecule has 1 aromatic rings. The number of aromatic nitrogens is 2. The van der Waals surface area contributed by atoms with Crippen LogP contribution in [0.5, 0.6) is 0 Å². The van der Waals surface area contributed by atoms with E-state index in [1.807, 2.05) is 6.07 Å². The zero-order valence-electron chi connectivity index (χ0n) is 7.08. The second-order valence-corrected chi connectivity index (χ2v) is 2.91. The summed E-state index contributed by atoms with van der Waals surface area (Å²) in [6, 6.07) is 1.86. The summed E-state index contributed by atoms with van der Waals surface area (Å²) in [5.74, 6) is -0.803. The van der Waals surface area contributed by atoms with Crippen molar-refractivity contribution in [2.75, 3.05) is 0 Å². The van der Waals surface area contributed by atoms with E-state index in [-0.39, 0.29) is 23.7 Å². The highest BCUT2D eigenvalue weighted by atomic mass is 35.5. The molecule has 3 N–H and O–H groups in total. The fourth-order valence-corrected chi connectivity index (χ4v) is 1.18. The summed E-state index contributed by atoms with van der Waals surface area (Å²) >= 11 is 5.54. The minimum absolute atomic E-state index is 0.130. The molecule has 0 unspecified atom stereocenters. The maximum absolute atomic E-state index is 11.3. The number of halogens is 1. The fourth-order valence-electron chi connectivity index (χ4n) is 0.943. The molecule has 0 atom stereocenters. The van der Waals surface area contributed by atoms with E-state index in [1.165, 1.54) is 0 Å². The van der Waals surface area contributed by atoms with Gasteiger partial charge < -0.3 is 5.73 Å². The normalized spacial score (nSPS) is 9.71. The first kappa shape index (κ1) is 10.3. The number of nitrogens with two attached hydrogens (primary N) is 1. The predicted octanol–water partition coefficient (Wildman–Crippen LogP) is -0.158. The summed E-state index contributed by atoms with van der Waals surface area (Å²) in [4.78, 5) is 22.0. The number of primary amides is 1. The van der Waals surface area contributed by atoms with Gasteiger partial charge in [0.05, 0.1) is 19.0 Å². The largest absolute Gasteiger partial charge is 0.364 e. The topological polar surface area (TPSA) is 105 Å². The third kappa shape index (κ3) is 1.78. The Kier molecular flexibility index (Phi) is 2.94. The highest BCUT2D eigenvalue weighted by Gasteiger charge is 2.15. The Morgan fingerprint density at radius 3 is 2.79 bits per heavy atom. The Morgan fingerprint density at radius 2 is 2.36 bits per heavy atom. The van der Waals surface area contributed by atoms with E-state index in [0.717, 1.165) is 4.68 Å². The first-order valence-corrected chi connectivity index (χ1v) is 4.10. The molecular formula is C7H7ClN4O2. The van der Waals surface area contributed by atoms with E-state index >= 15 is 0 Å². The zero-order chi connectivity index (χ0) is 10.7. The van der Waals surface area contributed by atoms with Crippen LogP contribution in [0.2, 0.25) is 5.02 Å². The van der Waals surface area contributed by atoms with Crippen molar-refractivity contribution in [1.29, 1.82) is 5.26 Å². The van der Waals surface area contributed by atoms with Crippen LogP contribution in [0.25, 0.3) is 0 Å². The van der Waals surface area contributed by atoms with E-state index < -0.39 is 11.5 Å². The van der Waals surface area contributed by atoms with Crippen molar-refractivity contribution in [1.82, 2.24) is 9.78 Å². The quantitative estimate of drug-likeness (QED) is 0.731. The highest BCUT2D eigenvalue weighted by Crippen LogP contribution is 2.07. The van der Waals surface area contributed by atoms with Gasteiger partial charge in [-0.25, -0.2) is 0 Å². The van der Waals surface area contributed by atoms with Gasteiger partial charge in [0.2, 0.25) is 0 Å². The zero-order valence-corrected chi connectivity index (χ0v) is 7.84. The third-order valence-corrected chi connectivity index (χ3v) is 1.94. The van der Waals surface area contributed by atoms with Crippen molar-refractivity contribution in [3.63, 3.8) is 0 Å². The van der Waals surface area contributed by atoms with Gasteiger partial charge in [0, 0.05) is 0 Å². The van der Waals surface area contributed by atoms with Gasteiger partial charge in [0.15, 0.2) is 0 Å². The number of rotatable bonds is 3. The molecule has 0 spiro atoms. The van der Waals surface area contributed by atoms with Crippen LogP contribution in [0.15, 0.2) is 4.79 Å². The molecule has 0 aliphatic carbocycles. The van der Waals surface area contributed by atoms with Crippen LogP contribution in [0.4, 0.5) is 0 Å². The second kappa shape index (κ2) is 3.98. The van der Waals surface area contributed by atoms with Gasteiger partial charge >= 0.3 is 0 Å². The van der Waals surface area contributed by atoms with Crippen molar-refractivity contribution >= 4 is 17.5 Å². The van der Waals surface area contributed by atoms with E-state index in [4.69, 9.17) is 22.6 Å². The lowest BCUT2D eigenvalue weighted by atomic mass is 10.4. The maximum atomic E-state index is 11.3. The number of nitriles is 1. The van der Waals surface area contributed by atoms with Crippen LogP contribution < -0.4 is 11.3 Å². The number of aryl methyl sites for hydroxylation is 1.